The third kappa shape index (κ3) is 3.70. The van der Waals surface area contributed by atoms with Crippen LogP contribution in [0, 0.1) is 5.92 Å². The highest BCUT2D eigenvalue weighted by molar-refractivity contribution is 6.10. The van der Waals surface area contributed by atoms with Crippen molar-refractivity contribution in [1.29, 1.82) is 0 Å². The third-order valence-corrected chi connectivity index (χ3v) is 6.12. The van der Waals surface area contributed by atoms with Gasteiger partial charge in [0.2, 0.25) is 5.91 Å². The summed E-state index contributed by atoms with van der Waals surface area (Å²) in [5.74, 6) is -0.485. The predicted molar refractivity (Wildman–Crippen MR) is 107 cm³/mol. The van der Waals surface area contributed by atoms with Crippen LogP contribution >= 0.6 is 0 Å². The van der Waals surface area contributed by atoms with Gasteiger partial charge in [0.15, 0.2) is 0 Å². The number of carbonyl (C=O) groups excluding carboxylic acids is 3. The van der Waals surface area contributed by atoms with Gasteiger partial charge in [0, 0.05) is 24.5 Å². The molecule has 0 spiro atoms. The number of rotatable bonds is 5. The minimum atomic E-state index is -0.855. The van der Waals surface area contributed by atoms with Gasteiger partial charge in [-0.1, -0.05) is 12.8 Å². The number of benzene rings is 1. The molecule has 2 N–H and O–H groups in total. The summed E-state index contributed by atoms with van der Waals surface area (Å²) in [5, 5.41) is 5.56. The standard InChI is InChI=1S/C21H28N4O3/c1-21(15-6-7-15)19(27)25(20(28)23-21)14-18(26)22-16-8-10-17(11-9-16)24-12-4-2-3-5-13-24/h8-11,15H,2-7,12-14H2,1H3,(H,22,26)(H,23,28)/t21-/m0/s1. The average Bonchev–Trinajstić information content (AvgIpc) is 3.51. The van der Waals surface area contributed by atoms with Gasteiger partial charge in [-0.15, -0.1) is 0 Å². The molecule has 7 nitrogen and oxygen atoms in total. The summed E-state index contributed by atoms with van der Waals surface area (Å²) < 4.78 is 0. The van der Waals surface area contributed by atoms with Crippen molar-refractivity contribution in [2.75, 3.05) is 29.9 Å². The molecule has 7 heteroatoms. The van der Waals surface area contributed by atoms with Crippen LogP contribution in [0.5, 0.6) is 0 Å². The molecule has 0 bridgehead atoms. The average molecular weight is 384 g/mol. The molecule has 2 aliphatic heterocycles. The first kappa shape index (κ1) is 18.8. The van der Waals surface area contributed by atoms with E-state index in [0.717, 1.165) is 36.5 Å². The van der Waals surface area contributed by atoms with Gasteiger partial charge in [0.05, 0.1) is 0 Å². The first-order chi connectivity index (χ1) is 13.5. The first-order valence-corrected chi connectivity index (χ1v) is 10.3. The third-order valence-electron chi connectivity index (χ3n) is 6.12. The second-order valence-electron chi connectivity index (χ2n) is 8.29. The minimum Gasteiger partial charge on any atom is -0.372 e. The Balaban J connectivity index is 1.35. The van der Waals surface area contributed by atoms with Crippen molar-refractivity contribution in [3.63, 3.8) is 0 Å². The second-order valence-corrected chi connectivity index (χ2v) is 8.29. The smallest absolute Gasteiger partial charge is 0.325 e. The zero-order chi connectivity index (χ0) is 19.7. The fraction of sp³-hybridized carbons (Fsp3) is 0.571. The van der Waals surface area contributed by atoms with Gasteiger partial charge >= 0.3 is 6.03 Å². The van der Waals surface area contributed by atoms with E-state index in [1.54, 1.807) is 6.92 Å². The lowest BCUT2D eigenvalue weighted by Crippen LogP contribution is -2.46. The van der Waals surface area contributed by atoms with E-state index < -0.39 is 11.6 Å². The number of nitrogens with one attached hydrogen (secondary N) is 2. The number of urea groups is 1. The maximum Gasteiger partial charge on any atom is 0.325 e. The Morgan fingerprint density at radius 3 is 2.36 bits per heavy atom. The zero-order valence-electron chi connectivity index (χ0n) is 16.4. The summed E-state index contributed by atoms with van der Waals surface area (Å²) in [4.78, 5) is 40.6. The molecule has 1 atom stereocenters. The van der Waals surface area contributed by atoms with Crippen molar-refractivity contribution in [1.82, 2.24) is 10.2 Å². The SMILES string of the molecule is C[C@@]1(C2CC2)NC(=O)N(CC(=O)Nc2ccc(N3CCCCCC3)cc2)C1=O. The second kappa shape index (κ2) is 7.45. The lowest BCUT2D eigenvalue weighted by molar-refractivity contribution is -0.134. The van der Waals surface area contributed by atoms with Crippen molar-refractivity contribution in [2.24, 2.45) is 5.92 Å². The van der Waals surface area contributed by atoms with E-state index in [0.29, 0.717) is 5.69 Å². The molecular formula is C21H28N4O3. The molecule has 28 heavy (non-hydrogen) atoms. The van der Waals surface area contributed by atoms with E-state index in [1.807, 2.05) is 24.3 Å². The predicted octanol–water partition coefficient (Wildman–Crippen LogP) is 2.73. The normalized spacial score (nSPS) is 25.5. The highest BCUT2D eigenvalue weighted by Gasteiger charge is 2.56. The highest BCUT2D eigenvalue weighted by atomic mass is 16.2. The van der Waals surface area contributed by atoms with Gasteiger partial charge in [-0.2, -0.15) is 0 Å². The molecule has 2 saturated heterocycles. The quantitative estimate of drug-likeness (QED) is 0.765. The number of imide groups is 1. The maximum atomic E-state index is 12.6. The molecule has 0 unspecified atom stereocenters. The summed E-state index contributed by atoms with van der Waals surface area (Å²) in [7, 11) is 0. The summed E-state index contributed by atoms with van der Waals surface area (Å²) in [6.07, 6.45) is 6.87. The molecule has 1 aliphatic carbocycles. The number of hydrogen-bond donors (Lipinski definition) is 2. The Hall–Kier alpha value is -2.57. The highest BCUT2D eigenvalue weighted by Crippen LogP contribution is 2.42. The van der Waals surface area contributed by atoms with Crippen LogP contribution < -0.4 is 15.5 Å². The van der Waals surface area contributed by atoms with Crippen LogP contribution in [-0.4, -0.2) is 47.9 Å². The summed E-state index contributed by atoms with van der Waals surface area (Å²) in [5.41, 5.74) is 0.974. The van der Waals surface area contributed by atoms with E-state index in [4.69, 9.17) is 0 Å². The molecule has 4 rings (SSSR count). The van der Waals surface area contributed by atoms with E-state index >= 15 is 0 Å². The number of amides is 4. The Morgan fingerprint density at radius 1 is 1.11 bits per heavy atom. The number of hydrogen-bond acceptors (Lipinski definition) is 4. The van der Waals surface area contributed by atoms with Crippen LogP contribution in [0.15, 0.2) is 24.3 Å². The molecule has 4 amide bonds. The van der Waals surface area contributed by atoms with E-state index in [1.165, 1.54) is 25.7 Å². The topological polar surface area (TPSA) is 81.8 Å². The number of carbonyl (C=O) groups is 3. The molecule has 150 valence electrons. The van der Waals surface area contributed by atoms with E-state index in [2.05, 4.69) is 15.5 Å². The van der Waals surface area contributed by atoms with Crippen LogP contribution in [0.25, 0.3) is 0 Å². The summed E-state index contributed by atoms with van der Waals surface area (Å²) in [6, 6.07) is 7.29. The Bertz CT molecular complexity index is 766. The molecule has 2 heterocycles. The summed E-state index contributed by atoms with van der Waals surface area (Å²) >= 11 is 0. The molecule has 1 aromatic carbocycles. The number of anilines is 2. The van der Waals surface area contributed by atoms with Gasteiger partial charge in [-0.25, -0.2) is 4.79 Å². The van der Waals surface area contributed by atoms with Crippen LogP contribution in [0.2, 0.25) is 0 Å². The fourth-order valence-corrected chi connectivity index (χ4v) is 4.23. The molecular weight excluding hydrogens is 356 g/mol. The summed E-state index contributed by atoms with van der Waals surface area (Å²) in [6.45, 7) is 3.63. The monoisotopic (exact) mass is 384 g/mol. The van der Waals surface area contributed by atoms with Gasteiger partial charge in [0.1, 0.15) is 12.1 Å². The molecule has 0 radical (unpaired) electrons. The van der Waals surface area contributed by atoms with Gasteiger partial charge in [-0.05, 0) is 62.8 Å². The van der Waals surface area contributed by atoms with Crippen molar-refractivity contribution >= 4 is 29.2 Å². The zero-order valence-corrected chi connectivity index (χ0v) is 16.4. The van der Waals surface area contributed by atoms with Crippen LogP contribution in [0.1, 0.15) is 45.4 Å². The van der Waals surface area contributed by atoms with Gasteiger partial charge in [0.25, 0.3) is 5.91 Å². The number of nitrogens with zero attached hydrogens (tertiary/aromatic N) is 2. The lowest BCUT2D eigenvalue weighted by atomic mass is 9.96. The van der Waals surface area contributed by atoms with Crippen molar-refractivity contribution < 1.29 is 14.4 Å². The van der Waals surface area contributed by atoms with E-state index in [-0.39, 0.29) is 24.3 Å². The molecule has 3 fully saturated rings. The van der Waals surface area contributed by atoms with Crippen LogP contribution in [-0.2, 0) is 9.59 Å². The molecule has 1 aromatic rings. The first-order valence-electron chi connectivity index (χ1n) is 10.3. The Kier molecular flexibility index (Phi) is 5.00. The largest absolute Gasteiger partial charge is 0.372 e. The van der Waals surface area contributed by atoms with Gasteiger partial charge < -0.3 is 15.5 Å². The maximum absolute atomic E-state index is 12.6. The van der Waals surface area contributed by atoms with Crippen LogP contribution in [0.4, 0.5) is 16.2 Å². The van der Waals surface area contributed by atoms with Crippen molar-refractivity contribution in [2.45, 2.75) is 51.0 Å². The molecule has 1 saturated carbocycles. The minimum absolute atomic E-state index is 0.184. The van der Waals surface area contributed by atoms with E-state index in [9.17, 15) is 14.4 Å². The molecule has 0 aromatic heterocycles. The fourth-order valence-electron chi connectivity index (χ4n) is 4.23. The lowest BCUT2D eigenvalue weighted by Gasteiger charge is -2.23. The molecule has 3 aliphatic rings. The van der Waals surface area contributed by atoms with Crippen molar-refractivity contribution in [3.8, 4) is 0 Å². The Labute approximate surface area is 165 Å². The van der Waals surface area contributed by atoms with Crippen molar-refractivity contribution in [3.05, 3.63) is 24.3 Å². The van der Waals surface area contributed by atoms with Crippen LogP contribution in [0.3, 0.4) is 0 Å². The Morgan fingerprint density at radius 2 is 1.75 bits per heavy atom. The van der Waals surface area contributed by atoms with Gasteiger partial charge in [-0.3, -0.25) is 14.5 Å².